The Bertz CT molecular complexity index is 474. The van der Waals surface area contributed by atoms with E-state index in [0.29, 0.717) is 6.42 Å². The highest BCUT2D eigenvalue weighted by Crippen LogP contribution is 2.48. The fourth-order valence-electron chi connectivity index (χ4n) is 3.37. The molecule has 6 heteroatoms. The molecule has 0 bridgehead atoms. The first kappa shape index (κ1) is 13.5. The number of ether oxygens (including phenoxy) is 1. The van der Waals surface area contributed by atoms with Crippen LogP contribution < -0.4 is 0 Å². The smallest absolute Gasteiger partial charge is 0.344 e. The maximum Gasteiger partial charge on any atom is 0.344 e. The molecule has 110 valence electrons. The van der Waals surface area contributed by atoms with E-state index < -0.39 is 17.1 Å². The van der Waals surface area contributed by atoms with Gasteiger partial charge in [0.1, 0.15) is 0 Å². The van der Waals surface area contributed by atoms with Gasteiger partial charge in [0.15, 0.2) is 0 Å². The molecule has 20 heavy (non-hydrogen) atoms. The lowest BCUT2D eigenvalue weighted by molar-refractivity contribution is -0.192. The van der Waals surface area contributed by atoms with Crippen molar-refractivity contribution in [1.29, 1.82) is 0 Å². The van der Waals surface area contributed by atoms with Gasteiger partial charge in [0.25, 0.3) is 0 Å². The standard InChI is InChI=1S/C14H18FNO4/c15-14(12(18)19)7-16(6-13(14)8-20-9-13)11(17)10-4-2-1-3-5-10/h1-2,10H,3-9H2,(H,18,19)/t10-,14-/m1/s1. The number of allylic oxidation sites excluding steroid dienone is 2. The van der Waals surface area contributed by atoms with Gasteiger partial charge in [0.2, 0.25) is 11.6 Å². The Morgan fingerprint density at radius 3 is 2.50 bits per heavy atom. The van der Waals surface area contributed by atoms with Gasteiger partial charge in [-0.05, 0) is 19.3 Å². The van der Waals surface area contributed by atoms with Crippen molar-refractivity contribution in [3.05, 3.63) is 12.2 Å². The number of hydrogen-bond acceptors (Lipinski definition) is 3. The molecule has 2 fully saturated rings. The molecule has 3 aliphatic rings. The summed E-state index contributed by atoms with van der Waals surface area (Å²) >= 11 is 0. The van der Waals surface area contributed by atoms with E-state index in [1.807, 2.05) is 12.2 Å². The Hall–Kier alpha value is -1.43. The van der Waals surface area contributed by atoms with Crippen molar-refractivity contribution in [2.45, 2.75) is 24.9 Å². The second-order valence-electron chi connectivity index (χ2n) is 6.06. The topological polar surface area (TPSA) is 66.8 Å². The Kier molecular flexibility index (Phi) is 3.08. The highest BCUT2D eigenvalue weighted by atomic mass is 19.1. The number of carboxylic acid groups (broad SMARTS) is 1. The molecule has 0 saturated carbocycles. The number of aliphatic carboxylic acids is 1. The van der Waals surface area contributed by atoms with E-state index in [4.69, 9.17) is 4.74 Å². The molecule has 2 atom stereocenters. The molecule has 0 unspecified atom stereocenters. The molecule has 1 N–H and O–H groups in total. The number of carbonyl (C=O) groups is 2. The summed E-state index contributed by atoms with van der Waals surface area (Å²) in [5.74, 6) is -1.75. The molecule has 1 amide bonds. The van der Waals surface area contributed by atoms with Gasteiger partial charge in [-0.15, -0.1) is 0 Å². The van der Waals surface area contributed by atoms with E-state index in [9.17, 15) is 19.1 Å². The van der Waals surface area contributed by atoms with Gasteiger partial charge in [-0.2, -0.15) is 0 Å². The van der Waals surface area contributed by atoms with Crippen molar-refractivity contribution in [2.24, 2.45) is 11.3 Å². The fraction of sp³-hybridized carbons (Fsp3) is 0.714. The third-order valence-corrected chi connectivity index (χ3v) is 4.77. The van der Waals surface area contributed by atoms with E-state index in [-0.39, 0.29) is 38.1 Å². The van der Waals surface area contributed by atoms with Crippen LogP contribution in [-0.4, -0.2) is 53.9 Å². The van der Waals surface area contributed by atoms with Crippen molar-refractivity contribution in [3.8, 4) is 0 Å². The van der Waals surface area contributed by atoms with Crippen LogP contribution in [0, 0.1) is 11.3 Å². The van der Waals surface area contributed by atoms with Crippen LogP contribution in [0.15, 0.2) is 12.2 Å². The van der Waals surface area contributed by atoms with Crippen LogP contribution >= 0.6 is 0 Å². The molecule has 0 aromatic heterocycles. The summed E-state index contributed by atoms with van der Waals surface area (Å²) in [7, 11) is 0. The Labute approximate surface area is 116 Å². The largest absolute Gasteiger partial charge is 0.479 e. The van der Waals surface area contributed by atoms with Crippen LogP contribution in [0.4, 0.5) is 4.39 Å². The number of carboxylic acids is 1. The third kappa shape index (κ3) is 1.78. The molecular formula is C14H18FNO4. The number of halogens is 1. The van der Waals surface area contributed by atoms with Gasteiger partial charge in [-0.25, -0.2) is 9.18 Å². The summed E-state index contributed by atoms with van der Waals surface area (Å²) in [5.41, 5.74) is -3.44. The molecule has 0 aromatic rings. The van der Waals surface area contributed by atoms with Crippen LogP contribution in [-0.2, 0) is 14.3 Å². The number of rotatable bonds is 2. The lowest BCUT2D eigenvalue weighted by Gasteiger charge is -2.43. The molecule has 0 radical (unpaired) electrons. The SMILES string of the molecule is O=C([C@@H]1CC=CCC1)N1CC2(COC2)[C@](F)(C(=O)O)C1. The minimum atomic E-state index is -2.38. The van der Waals surface area contributed by atoms with Crippen LogP contribution in [0.5, 0.6) is 0 Å². The first-order chi connectivity index (χ1) is 9.48. The van der Waals surface area contributed by atoms with Gasteiger partial charge in [0, 0.05) is 12.5 Å². The predicted octanol–water partition coefficient (Wildman–Crippen LogP) is 0.994. The van der Waals surface area contributed by atoms with Gasteiger partial charge in [-0.3, -0.25) is 4.79 Å². The van der Waals surface area contributed by atoms with Crippen molar-refractivity contribution >= 4 is 11.9 Å². The highest BCUT2D eigenvalue weighted by molar-refractivity contribution is 5.85. The second kappa shape index (κ2) is 4.55. The molecule has 5 nitrogen and oxygen atoms in total. The van der Waals surface area contributed by atoms with Gasteiger partial charge < -0.3 is 14.7 Å². The number of nitrogens with zero attached hydrogens (tertiary/aromatic N) is 1. The van der Waals surface area contributed by atoms with Crippen molar-refractivity contribution < 1.29 is 23.8 Å². The van der Waals surface area contributed by atoms with E-state index >= 15 is 0 Å². The predicted molar refractivity (Wildman–Crippen MR) is 67.8 cm³/mol. The third-order valence-electron chi connectivity index (χ3n) is 4.77. The summed E-state index contributed by atoms with van der Waals surface area (Å²) < 4.78 is 19.9. The van der Waals surface area contributed by atoms with E-state index in [0.717, 1.165) is 12.8 Å². The minimum absolute atomic E-state index is 0.0736. The molecule has 1 aliphatic carbocycles. The van der Waals surface area contributed by atoms with E-state index in [1.165, 1.54) is 4.90 Å². The van der Waals surface area contributed by atoms with Crippen LogP contribution in [0.3, 0.4) is 0 Å². The van der Waals surface area contributed by atoms with E-state index in [1.54, 1.807) is 0 Å². The molecular weight excluding hydrogens is 265 g/mol. The summed E-state index contributed by atoms with van der Waals surface area (Å²) in [6.45, 7) is -0.0616. The molecule has 2 saturated heterocycles. The number of alkyl halides is 1. The molecule has 0 aromatic carbocycles. The monoisotopic (exact) mass is 283 g/mol. The van der Waals surface area contributed by atoms with Crippen LogP contribution in [0.1, 0.15) is 19.3 Å². The summed E-state index contributed by atoms with van der Waals surface area (Å²) in [6, 6.07) is 0. The van der Waals surface area contributed by atoms with Crippen molar-refractivity contribution in [2.75, 3.05) is 26.3 Å². The zero-order valence-electron chi connectivity index (χ0n) is 11.2. The Balaban J connectivity index is 1.78. The number of likely N-dealkylation sites (tertiary alicyclic amines) is 1. The lowest BCUT2D eigenvalue weighted by atomic mass is 9.74. The lowest BCUT2D eigenvalue weighted by Crippen LogP contribution is -2.60. The maximum atomic E-state index is 14.8. The first-order valence-electron chi connectivity index (χ1n) is 6.92. The fourth-order valence-corrected chi connectivity index (χ4v) is 3.37. The normalized spacial score (nSPS) is 35.0. The molecule has 2 aliphatic heterocycles. The van der Waals surface area contributed by atoms with E-state index in [2.05, 4.69) is 0 Å². The summed E-state index contributed by atoms with van der Waals surface area (Å²) in [5, 5.41) is 9.20. The zero-order valence-corrected chi connectivity index (χ0v) is 11.2. The highest BCUT2D eigenvalue weighted by Gasteiger charge is 2.68. The Morgan fingerprint density at radius 1 is 1.30 bits per heavy atom. The summed E-state index contributed by atoms with van der Waals surface area (Å²) in [4.78, 5) is 25.1. The minimum Gasteiger partial charge on any atom is -0.479 e. The first-order valence-corrected chi connectivity index (χ1v) is 6.92. The van der Waals surface area contributed by atoms with Crippen molar-refractivity contribution in [3.63, 3.8) is 0 Å². The number of hydrogen-bond donors (Lipinski definition) is 1. The summed E-state index contributed by atoms with van der Waals surface area (Å²) in [6.07, 6.45) is 6.25. The van der Waals surface area contributed by atoms with Crippen LogP contribution in [0.2, 0.25) is 0 Å². The van der Waals surface area contributed by atoms with Gasteiger partial charge in [-0.1, -0.05) is 12.2 Å². The maximum absolute atomic E-state index is 14.8. The average Bonchev–Trinajstić information content (AvgIpc) is 2.74. The number of amides is 1. The quantitative estimate of drug-likeness (QED) is 0.768. The molecule has 3 rings (SSSR count). The van der Waals surface area contributed by atoms with Gasteiger partial charge in [0.05, 0.1) is 25.2 Å². The molecule has 2 heterocycles. The van der Waals surface area contributed by atoms with Gasteiger partial charge >= 0.3 is 5.97 Å². The Morgan fingerprint density at radius 2 is 2.05 bits per heavy atom. The number of carbonyl (C=O) groups excluding carboxylic acids is 1. The van der Waals surface area contributed by atoms with Crippen LogP contribution in [0.25, 0.3) is 0 Å². The van der Waals surface area contributed by atoms with Crippen molar-refractivity contribution in [1.82, 2.24) is 4.90 Å². The second-order valence-corrected chi connectivity index (χ2v) is 6.06. The average molecular weight is 283 g/mol. The molecule has 1 spiro atoms. The zero-order chi connectivity index (χ0) is 14.4.